The van der Waals surface area contributed by atoms with Gasteiger partial charge in [0.25, 0.3) is 17.4 Å². The Bertz CT molecular complexity index is 986. The lowest BCUT2D eigenvalue weighted by Gasteiger charge is -2.05. The van der Waals surface area contributed by atoms with Gasteiger partial charge >= 0.3 is 0 Å². The Balaban J connectivity index is 1.67. The molecular formula is C19H17N3O4. The first-order valence-corrected chi connectivity index (χ1v) is 7.94. The van der Waals surface area contributed by atoms with E-state index in [1.807, 2.05) is 0 Å². The van der Waals surface area contributed by atoms with Crippen LogP contribution in [0.4, 0.5) is 5.69 Å². The van der Waals surface area contributed by atoms with Gasteiger partial charge < -0.3 is 19.6 Å². The van der Waals surface area contributed by atoms with Crippen molar-refractivity contribution in [3.8, 4) is 0 Å². The summed E-state index contributed by atoms with van der Waals surface area (Å²) >= 11 is 0. The summed E-state index contributed by atoms with van der Waals surface area (Å²) in [5, 5.41) is 5.23. The van der Waals surface area contributed by atoms with Crippen LogP contribution in [-0.4, -0.2) is 23.4 Å². The summed E-state index contributed by atoms with van der Waals surface area (Å²) in [5.41, 5.74) is 0.894. The molecule has 2 N–H and O–H groups in total. The Morgan fingerprint density at radius 3 is 2.46 bits per heavy atom. The van der Waals surface area contributed by atoms with Crippen LogP contribution >= 0.6 is 0 Å². The summed E-state index contributed by atoms with van der Waals surface area (Å²) in [6.07, 6.45) is 1.65. The van der Waals surface area contributed by atoms with Crippen LogP contribution in [0.25, 0.3) is 0 Å². The first kappa shape index (κ1) is 17.2. The van der Waals surface area contributed by atoms with Crippen LogP contribution < -0.4 is 16.2 Å². The number of aromatic nitrogens is 1. The minimum atomic E-state index is -0.413. The number of carbonyl (C=O) groups excluding carboxylic acids is 2. The van der Waals surface area contributed by atoms with E-state index in [1.54, 1.807) is 61.8 Å². The molecule has 3 aromatic rings. The molecule has 7 heteroatoms. The van der Waals surface area contributed by atoms with Gasteiger partial charge in [-0.2, -0.15) is 0 Å². The number of nitrogens with one attached hydrogen (secondary N) is 2. The Labute approximate surface area is 149 Å². The second-order valence-corrected chi connectivity index (χ2v) is 5.54. The molecule has 0 aliphatic carbocycles. The Hall–Kier alpha value is -3.61. The molecule has 0 aliphatic heterocycles. The van der Waals surface area contributed by atoms with Crippen LogP contribution in [0.5, 0.6) is 0 Å². The number of anilines is 1. The number of hydrogen-bond donors (Lipinski definition) is 2. The molecule has 3 rings (SSSR count). The summed E-state index contributed by atoms with van der Waals surface area (Å²) in [6, 6.07) is 14.6. The van der Waals surface area contributed by atoms with Gasteiger partial charge in [0.2, 0.25) is 0 Å². The van der Waals surface area contributed by atoms with Gasteiger partial charge in [-0.05, 0) is 42.5 Å². The maximum Gasteiger partial charge on any atom is 0.291 e. The third-order valence-electron chi connectivity index (χ3n) is 3.74. The highest BCUT2D eigenvalue weighted by atomic mass is 16.4. The zero-order valence-corrected chi connectivity index (χ0v) is 14.1. The van der Waals surface area contributed by atoms with Crippen LogP contribution in [0.15, 0.2) is 70.0 Å². The van der Waals surface area contributed by atoms with Crippen molar-refractivity contribution in [2.24, 2.45) is 0 Å². The van der Waals surface area contributed by atoms with E-state index in [4.69, 9.17) is 4.42 Å². The Kier molecular flexibility index (Phi) is 4.98. The van der Waals surface area contributed by atoms with E-state index in [9.17, 15) is 14.4 Å². The van der Waals surface area contributed by atoms with Gasteiger partial charge in [-0.15, -0.1) is 0 Å². The highest BCUT2D eigenvalue weighted by Crippen LogP contribution is 2.14. The predicted molar refractivity (Wildman–Crippen MR) is 96.3 cm³/mol. The van der Waals surface area contributed by atoms with E-state index >= 15 is 0 Å². The molecule has 0 aliphatic rings. The van der Waals surface area contributed by atoms with Crippen molar-refractivity contribution in [1.82, 2.24) is 9.88 Å². The highest BCUT2D eigenvalue weighted by molar-refractivity contribution is 6.02. The third kappa shape index (κ3) is 3.89. The minimum absolute atomic E-state index is 0.138. The molecule has 0 spiro atoms. The van der Waals surface area contributed by atoms with Gasteiger partial charge in [0.05, 0.1) is 6.54 Å². The lowest BCUT2D eigenvalue weighted by Crippen LogP contribution is -2.18. The van der Waals surface area contributed by atoms with Crippen molar-refractivity contribution in [2.45, 2.75) is 6.54 Å². The minimum Gasteiger partial charge on any atom is -0.454 e. The molecule has 0 atom stereocenters. The number of carbonyl (C=O) groups is 2. The smallest absolute Gasteiger partial charge is 0.291 e. The van der Waals surface area contributed by atoms with Crippen molar-refractivity contribution in [1.29, 1.82) is 0 Å². The highest BCUT2D eigenvalue weighted by Gasteiger charge is 2.12. The maximum absolute atomic E-state index is 12.3. The SMILES string of the molecule is CNC(=O)c1ccc(NC(=O)c2ccc(Cn3ccccc3=O)o2)cc1. The van der Waals surface area contributed by atoms with Crippen LogP contribution in [-0.2, 0) is 6.54 Å². The molecule has 2 amide bonds. The fourth-order valence-corrected chi connectivity index (χ4v) is 2.39. The molecule has 132 valence electrons. The number of furan rings is 1. The molecule has 26 heavy (non-hydrogen) atoms. The van der Waals surface area contributed by atoms with E-state index in [2.05, 4.69) is 10.6 Å². The van der Waals surface area contributed by atoms with Crippen molar-refractivity contribution < 1.29 is 14.0 Å². The van der Waals surface area contributed by atoms with Crippen LogP contribution in [0, 0.1) is 0 Å². The zero-order chi connectivity index (χ0) is 18.5. The first-order valence-electron chi connectivity index (χ1n) is 7.94. The average Bonchev–Trinajstić information content (AvgIpc) is 3.12. The van der Waals surface area contributed by atoms with E-state index < -0.39 is 5.91 Å². The number of rotatable bonds is 5. The number of benzene rings is 1. The molecule has 0 saturated carbocycles. The van der Waals surface area contributed by atoms with E-state index in [1.165, 1.54) is 10.6 Å². The van der Waals surface area contributed by atoms with E-state index in [0.717, 1.165) is 0 Å². The van der Waals surface area contributed by atoms with Gasteiger partial charge in [-0.3, -0.25) is 14.4 Å². The predicted octanol–water partition coefficient (Wildman–Crippen LogP) is 2.10. The normalized spacial score (nSPS) is 10.3. The summed E-state index contributed by atoms with van der Waals surface area (Å²) in [5.74, 6) is 0.0248. The second-order valence-electron chi connectivity index (χ2n) is 5.54. The van der Waals surface area contributed by atoms with Crippen LogP contribution in [0.1, 0.15) is 26.7 Å². The molecule has 2 aromatic heterocycles. The zero-order valence-electron chi connectivity index (χ0n) is 14.1. The van der Waals surface area contributed by atoms with Crippen molar-refractivity contribution in [2.75, 3.05) is 12.4 Å². The summed E-state index contributed by atoms with van der Waals surface area (Å²) in [6.45, 7) is 0.244. The average molecular weight is 351 g/mol. The molecule has 1 aromatic carbocycles. The third-order valence-corrected chi connectivity index (χ3v) is 3.74. The van der Waals surface area contributed by atoms with Crippen molar-refractivity contribution in [3.05, 3.63) is 88.2 Å². The van der Waals surface area contributed by atoms with Crippen molar-refractivity contribution >= 4 is 17.5 Å². The number of pyridine rings is 1. The van der Waals surface area contributed by atoms with Gasteiger partial charge in [0.15, 0.2) is 5.76 Å². The summed E-state index contributed by atoms with van der Waals surface area (Å²) < 4.78 is 7.00. The van der Waals surface area contributed by atoms with E-state index in [-0.39, 0.29) is 23.8 Å². The largest absolute Gasteiger partial charge is 0.454 e. The topological polar surface area (TPSA) is 93.3 Å². The molecule has 2 heterocycles. The molecule has 7 nitrogen and oxygen atoms in total. The van der Waals surface area contributed by atoms with Gasteiger partial charge in [0.1, 0.15) is 5.76 Å². The molecule has 0 bridgehead atoms. The van der Waals surface area contributed by atoms with Gasteiger partial charge in [-0.25, -0.2) is 0 Å². The van der Waals surface area contributed by atoms with Gasteiger partial charge in [0, 0.05) is 30.6 Å². The van der Waals surface area contributed by atoms with E-state index in [0.29, 0.717) is 17.0 Å². The molecule has 0 radical (unpaired) electrons. The molecule has 0 unspecified atom stereocenters. The Morgan fingerprint density at radius 1 is 1.00 bits per heavy atom. The lowest BCUT2D eigenvalue weighted by molar-refractivity contribution is 0.0962. The quantitative estimate of drug-likeness (QED) is 0.736. The number of hydrogen-bond acceptors (Lipinski definition) is 4. The lowest BCUT2D eigenvalue weighted by atomic mass is 10.2. The monoisotopic (exact) mass is 351 g/mol. The number of amides is 2. The maximum atomic E-state index is 12.3. The molecule has 0 fully saturated rings. The van der Waals surface area contributed by atoms with Crippen molar-refractivity contribution in [3.63, 3.8) is 0 Å². The van der Waals surface area contributed by atoms with Crippen LogP contribution in [0.2, 0.25) is 0 Å². The Morgan fingerprint density at radius 2 is 1.77 bits per heavy atom. The second kappa shape index (κ2) is 7.52. The first-order chi connectivity index (χ1) is 12.6. The van der Waals surface area contributed by atoms with Crippen LogP contribution in [0.3, 0.4) is 0 Å². The van der Waals surface area contributed by atoms with Gasteiger partial charge in [-0.1, -0.05) is 6.07 Å². The summed E-state index contributed by atoms with van der Waals surface area (Å²) in [4.78, 5) is 35.5. The number of nitrogens with zero attached hydrogens (tertiary/aromatic N) is 1. The fraction of sp³-hybridized carbons (Fsp3) is 0.105. The molecule has 0 saturated heterocycles. The standard InChI is InChI=1S/C19H17N3O4/c1-20-18(24)13-5-7-14(8-6-13)21-19(25)16-10-9-15(26-16)12-22-11-3-2-4-17(22)23/h2-11H,12H2,1H3,(H,20,24)(H,21,25). The summed E-state index contributed by atoms with van der Waals surface area (Å²) in [7, 11) is 1.55. The molecular weight excluding hydrogens is 334 g/mol. The fourth-order valence-electron chi connectivity index (χ4n) is 2.39.